The van der Waals surface area contributed by atoms with Crippen molar-refractivity contribution < 1.29 is 18.8 Å². The monoisotopic (exact) mass is 445 g/mol. The van der Waals surface area contributed by atoms with E-state index in [1.807, 2.05) is 12.1 Å². The average Bonchev–Trinajstić information content (AvgIpc) is 3.42. The third-order valence-corrected chi connectivity index (χ3v) is 6.09. The Morgan fingerprint density at radius 2 is 1.94 bits per heavy atom. The van der Waals surface area contributed by atoms with Crippen molar-refractivity contribution in [3.8, 4) is 11.3 Å². The van der Waals surface area contributed by atoms with Gasteiger partial charge >= 0.3 is 0 Å². The van der Waals surface area contributed by atoms with Crippen LogP contribution in [0.2, 0.25) is 0 Å². The van der Waals surface area contributed by atoms with Crippen LogP contribution in [-0.4, -0.2) is 39.3 Å². The lowest BCUT2D eigenvalue weighted by atomic mass is 9.88. The van der Waals surface area contributed by atoms with E-state index in [4.69, 9.17) is 0 Å². The number of rotatable bonds is 5. The number of benzene rings is 2. The highest BCUT2D eigenvalue weighted by Gasteiger charge is 2.48. The number of hydrogen-bond donors (Lipinski definition) is 2. The Balaban J connectivity index is 1.49. The minimum absolute atomic E-state index is 0.0351. The molecule has 3 aromatic rings. The van der Waals surface area contributed by atoms with E-state index in [1.54, 1.807) is 36.0 Å². The first-order valence-electron chi connectivity index (χ1n) is 10.3. The molecule has 2 N–H and O–H groups in total. The molecule has 33 heavy (non-hydrogen) atoms. The maximum Gasteiger partial charge on any atom is 0.257 e. The van der Waals surface area contributed by atoms with E-state index in [-0.39, 0.29) is 24.9 Å². The summed E-state index contributed by atoms with van der Waals surface area (Å²) >= 11 is 0. The minimum atomic E-state index is -1.26. The largest absolute Gasteiger partial charge is 0.353 e. The molecule has 1 saturated heterocycles. The summed E-state index contributed by atoms with van der Waals surface area (Å²) in [7, 11) is 1.74. The van der Waals surface area contributed by atoms with Crippen molar-refractivity contribution in [1.82, 2.24) is 25.3 Å². The minimum Gasteiger partial charge on any atom is -0.353 e. The number of carbonyl (C=O) groups excluding carboxylic acids is 3. The van der Waals surface area contributed by atoms with Crippen molar-refractivity contribution in [2.75, 3.05) is 6.54 Å². The van der Waals surface area contributed by atoms with Crippen LogP contribution >= 0.6 is 0 Å². The molecule has 1 fully saturated rings. The lowest BCUT2D eigenvalue weighted by molar-refractivity contribution is -0.124. The Morgan fingerprint density at radius 1 is 1.18 bits per heavy atom. The molecule has 2 aliphatic rings. The number of aldehydes is 1. The Morgan fingerprint density at radius 3 is 2.58 bits per heavy atom. The summed E-state index contributed by atoms with van der Waals surface area (Å²) in [6, 6.07) is 13.1. The van der Waals surface area contributed by atoms with E-state index >= 15 is 0 Å². The van der Waals surface area contributed by atoms with Crippen LogP contribution in [0.15, 0.2) is 60.9 Å². The molecule has 2 aliphatic heterocycles. The highest BCUT2D eigenvalue weighted by Crippen LogP contribution is 2.33. The number of fused-ring (bicyclic) bond motifs is 1. The van der Waals surface area contributed by atoms with Crippen LogP contribution in [0.4, 0.5) is 4.39 Å². The Kier molecular flexibility index (Phi) is 4.63. The molecule has 2 amide bonds. The second-order valence-electron chi connectivity index (χ2n) is 8.20. The number of aryl methyl sites for hydroxylation is 1. The van der Waals surface area contributed by atoms with Crippen molar-refractivity contribution in [3.63, 3.8) is 0 Å². The van der Waals surface area contributed by atoms with Crippen LogP contribution in [-0.2, 0) is 23.9 Å². The van der Waals surface area contributed by atoms with Gasteiger partial charge in [-0.05, 0) is 34.9 Å². The molecule has 1 aromatic heterocycles. The lowest BCUT2D eigenvalue weighted by Gasteiger charge is -2.32. The number of hydrogen-bond acceptors (Lipinski definition) is 5. The van der Waals surface area contributed by atoms with E-state index in [0.29, 0.717) is 34.5 Å². The standard InChI is InChI=1S/C24H20FN5O3/c1-14-26-23(33)24(27-14,13-30-11-16-5-8-18(25)9-20(16)22(30)32)17-6-3-15(4-7-17)21-10-19(12-31)28-29(21)2/h3-10,12,27H,1,11,13H2,2H3,(H,26,33)/t24-/m1/s1. The maximum atomic E-state index is 13.7. The molecular weight excluding hydrogens is 425 g/mol. The van der Waals surface area contributed by atoms with Gasteiger partial charge in [0, 0.05) is 19.2 Å². The van der Waals surface area contributed by atoms with Crippen LogP contribution in [0, 0.1) is 5.82 Å². The van der Waals surface area contributed by atoms with E-state index in [2.05, 4.69) is 22.3 Å². The molecule has 3 heterocycles. The number of nitrogens with zero attached hydrogens (tertiary/aromatic N) is 3. The van der Waals surface area contributed by atoms with Gasteiger partial charge in [0.05, 0.1) is 18.1 Å². The number of amides is 2. The van der Waals surface area contributed by atoms with Crippen LogP contribution in [0.25, 0.3) is 11.3 Å². The first-order chi connectivity index (χ1) is 15.8. The van der Waals surface area contributed by atoms with Crippen molar-refractivity contribution in [3.05, 3.63) is 89.1 Å². The van der Waals surface area contributed by atoms with Crippen LogP contribution in [0.1, 0.15) is 32.0 Å². The van der Waals surface area contributed by atoms with E-state index in [9.17, 15) is 18.8 Å². The maximum absolute atomic E-state index is 13.7. The number of halogens is 1. The van der Waals surface area contributed by atoms with Gasteiger partial charge in [-0.25, -0.2) is 4.39 Å². The zero-order valence-corrected chi connectivity index (χ0v) is 17.8. The van der Waals surface area contributed by atoms with Gasteiger partial charge in [-0.2, -0.15) is 5.10 Å². The van der Waals surface area contributed by atoms with Crippen molar-refractivity contribution in [2.24, 2.45) is 7.05 Å². The highest BCUT2D eigenvalue weighted by atomic mass is 19.1. The van der Waals surface area contributed by atoms with E-state index in [1.165, 1.54) is 17.0 Å². The number of carbonyl (C=O) groups is 3. The van der Waals surface area contributed by atoms with Gasteiger partial charge in [0.25, 0.3) is 11.8 Å². The van der Waals surface area contributed by atoms with Gasteiger partial charge in [0.1, 0.15) is 11.5 Å². The predicted molar refractivity (Wildman–Crippen MR) is 117 cm³/mol. The summed E-state index contributed by atoms with van der Waals surface area (Å²) in [4.78, 5) is 38.6. The highest BCUT2D eigenvalue weighted by molar-refractivity contribution is 5.99. The molecule has 0 radical (unpaired) electrons. The first kappa shape index (κ1) is 20.6. The Labute approximate surface area is 188 Å². The molecule has 0 unspecified atom stereocenters. The fourth-order valence-electron chi connectivity index (χ4n) is 4.49. The molecule has 0 aliphatic carbocycles. The molecule has 0 spiro atoms. The van der Waals surface area contributed by atoms with Crippen LogP contribution < -0.4 is 10.6 Å². The van der Waals surface area contributed by atoms with Gasteiger partial charge in [0.2, 0.25) is 0 Å². The number of aromatic nitrogens is 2. The summed E-state index contributed by atoms with van der Waals surface area (Å²) in [5.41, 5.74) is 2.28. The SMILES string of the molecule is C=C1NC(=O)[C@@](CN2Cc3ccc(F)cc3C2=O)(c2ccc(-c3cc(C=O)nn3C)cc2)N1. The van der Waals surface area contributed by atoms with Crippen molar-refractivity contribution in [2.45, 2.75) is 12.1 Å². The number of nitrogens with one attached hydrogen (secondary N) is 2. The first-order valence-corrected chi connectivity index (χ1v) is 10.3. The molecule has 2 aromatic carbocycles. The topological polar surface area (TPSA) is 96.3 Å². The Bertz CT molecular complexity index is 1330. The second-order valence-corrected chi connectivity index (χ2v) is 8.20. The van der Waals surface area contributed by atoms with Crippen LogP contribution in [0.3, 0.4) is 0 Å². The molecule has 9 heteroatoms. The normalized spacial score (nSPS) is 19.5. The van der Waals surface area contributed by atoms with Gasteiger partial charge in [0.15, 0.2) is 11.8 Å². The van der Waals surface area contributed by atoms with Crippen LogP contribution in [0.5, 0.6) is 0 Å². The summed E-state index contributed by atoms with van der Waals surface area (Å²) in [6.07, 6.45) is 0.683. The fraction of sp³-hybridized carbons (Fsp3) is 0.167. The van der Waals surface area contributed by atoms with Crippen molar-refractivity contribution >= 4 is 18.1 Å². The Hall–Kier alpha value is -4.27. The summed E-state index contributed by atoms with van der Waals surface area (Å²) < 4.78 is 15.3. The molecule has 5 rings (SSSR count). The van der Waals surface area contributed by atoms with E-state index in [0.717, 1.165) is 11.3 Å². The fourth-order valence-corrected chi connectivity index (χ4v) is 4.49. The third-order valence-electron chi connectivity index (χ3n) is 6.09. The molecule has 0 bridgehead atoms. The van der Waals surface area contributed by atoms with E-state index < -0.39 is 11.4 Å². The lowest BCUT2D eigenvalue weighted by Crippen LogP contribution is -2.52. The average molecular weight is 445 g/mol. The van der Waals surface area contributed by atoms with Gasteiger partial charge in [-0.1, -0.05) is 36.9 Å². The van der Waals surface area contributed by atoms with Crippen molar-refractivity contribution in [1.29, 1.82) is 0 Å². The molecule has 8 nitrogen and oxygen atoms in total. The summed E-state index contributed by atoms with van der Waals surface area (Å²) in [5.74, 6) is -0.809. The summed E-state index contributed by atoms with van der Waals surface area (Å²) in [6.45, 7) is 4.13. The summed E-state index contributed by atoms with van der Waals surface area (Å²) in [5, 5.41) is 9.95. The molecular formula is C24H20FN5O3. The smallest absolute Gasteiger partial charge is 0.257 e. The third kappa shape index (κ3) is 3.29. The van der Waals surface area contributed by atoms with Gasteiger partial charge in [-0.15, -0.1) is 0 Å². The molecule has 166 valence electrons. The zero-order valence-electron chi connectivity index (χ0n) is 17.8. The van der Waals surface area contributed by atoms with Gasteiger partial charge in [-0.3, -0.25) is 19.1 Å². The predicted octanol–water partition coefficient (Wildman–Crippen LogP) is 2.08. The quantitative estimate of drug-likeness (QED) is 0.587. The zero-order chi connectivity index (χ0) is 23.3. The van der Waals surface area contributed by atoms with Gasteiger partial charge < -0.3 is 15.5 Å². The molecule has 0 saturated carbocycles. The second kappa shape index (κ2) is 7.40. The molecule has 1 atom stereocenters.